The molecule has 1 saturated heterocycles. The van der Waals surface area contributed by atoms with E-state index >= 15 is 0 Å². The van der Waals surface area contributed by atoms with Gasteiger partial charge in [-0.25, -0.2) is 0 Å². The van der Waals surface area contributed by atoms with Crippen molar-refractivity contribution in [2.45, 2.75) is 71.9 Å². The van der Waals surface area contributed by atoms with Gasteiger partial charge in [0.25, 0.3) is 0 Å². The summed E-state index contributed by atoms with van der Waals surface area (Å²) in [6.07, 6.45) is 6.98. The number of hydrogen-bond acceptors (Lipinski definition) is 2. The van der Waals surface area contributed by atoms with Crippen molar-refractivity contribution in [2.75, 3.05) is 19.6 Å². The first-order valence-corrected chi connectivity index (χ1v) is 8.61. The molecule has 1 aliphatic heterocycles. The van der Waals surface area contributed by atoms with Gasteiger partial charge >= 0.3 is 0 Å². The first-order chi connectivity index (χ1) is 9.13. The lowest BCUT2D eigenvalue weighted by Crippen LogP contribution is -2.54. The van der Waals surface area contributed by atoms with Crippen LogP contribution in [0.25, 0.3) is 0 Å². The molecule has 0 spiro atoms. The second kappa shape index (κ2) is 7.08. The average Bonchev–Trinajstić information content (AvgIpc) is 2.80. The van der Waals surface area contributed by atoms with E-state index < -0.39 is 0 Å². The van der Waals surface area contributed by atoms with E-state index in [1.807, 2.05) is 0 Å². The summed E-state index contributed by atoms with van der Waals surface area (Å²) in [6, 6.07) is 1.49. The Morgan fingerprint density at radius 1 is 1.11 bits per heavy atom. The predicted molar refractivity (Wildman–Crippen MR) is 83.4 cm³/mol. The van der Waals surface area contributed by atoms with Crippen molar-refractivity contribution < 1.29 is 0 Å². The molecule has 0 aromatic heterocycles. The van der Waals surface area contributed by atoms with Crippen LogP contribution >= 0.6 is 0 Å². The van der Waals surface area contributed by atoms with Crippen molar-refractivity contribution in [3.05, 3.63) is 0 Å². The van der Waals surface area contributed by atoms with E-state index in [-0.39, 0.29) is 0 Å². The van der Waals surface area contributed by atoms with Crippen LogP contribution in [0.15, 0.2) is 0 Å². The van der Waals surface area contributed by atoms with Crippen molar-refractivity contribution in [1.29, 1.82) is 0 Å². The molecule has 2 aliphatic rings. The number of nitrogens with zero attached hydrogens (tertiary/aromatic N) is 1. The van der Waals surface area contributed by atoms with Gasteiger partial charge in [-0.2, -0.15) is 0 Å². The van der Waals surface area contributed by atoms with E-state index in [1.165, 1.54) is 51.7 Å². The normalized spacial score (nSPS) is 40.7. The fraction of sp³-hybridized carbons (Fsp3) is 1.00. The zero-order valence-corrected chi connectivity index (χ0v) is 13.5. The Kier molecular flexibility index (Phi) is 5.70. The Bertz CT molecular complexity index is 266. The number of rotatable bonds is 5. The van der Waals surface area contributed by atoms with Crippen molar-refractivity contribution >= 4 is 0 Å². The van der Waals surface area contributed by atoms with Crippen LogP contribution in [0.4, 0.5) is 0 Å². The van der Waals surface area contributed by atoms with E-state index in [1.54, 1.807) is 0 Å². The minimum atomic E-state index is 0.743. The summed E-state index contributed by atoms with van der Waals surface area (Å²) in [7, 11) is 0. The highest BCUT2D eigenvalue weighted by molar-refractivity contribution is 4.90. The van der Waals surface area contributed by atoms with Crippen LogP contribution in [0.5, 0.6) is 0 Å². The summed E-state index contributed by atoms with van der Waals surface area (Å²) in [5.41, 5.74) is 0. The molecule has 19 heavy (non-hydrogen) atoms. The summed E-state index contributed by atoms with van der Waals surface area (Å²) in [6.45, 7) is 13.5. The number of likely N-dealkylation sites (tertiary alicyclic amines) is 1. The fourth-order valence-electron chi connectivity index (χ4n) is 4.11. The summed E-state index contributed by atoms with van der Waals surface area (Å²) in [5.74, 6) is 2.71. The molecule has 0 aromatic rings. The minimum absolute atomic E-state index is 0.743. The molecular formula is C17H34N2. The number of nitrogens with one attached hydrogen (secondary N) is 1. The molecule has 0 amide bonds. The molecule has 2 fully saturated rings. The lowest BCUT2D eigenvalue weighted by Gasteiger charge is -2.44. The minimum Gasteiger partial charge on any atom is -0.314 e. The molecule has 1 N–H and O–H groups in total. The van der Waals surface area contributed by atoms with Gasteiger partial charge in [0, 0.05) is 18.6 Å². The van der Waals surface area contributed by atoms with Crippen LogP contribution in [0, 0.1) is 17.8 Å². The van der Waals surface area contributed by atoms with E-state index in [9.17, 15) is 0 Å². The lowest BCUT2D eigenvalue weighted by molar-refractivity contribution is 0.0653. The molecule has 112 valence electrons. The van der Waals surface area contributed by atoms with Gasteiger partial charge < -0.3 is 5.32 Å². The van der Waals surface area contributed by atoms with Gasteiger partial charge in [-0.15, -0.1) is 0 Å². The van der Waals surface area contributed by atoms with Gasteiger partial charge in [0.05, 0.1) is 0 Å². The molecule has 2 nitrogen and oxygen atoms in total. The number of piperidine rings is 1. The molecule has 2 heteroatoms. The third-order valence-electron chi connectivity index (χ3n) is 5.86. The smallest absolute Gasteiger partial charge is 0.0120 e. The highest BCUT2D eigenvalue weighted by atomic mass is 15.2. The topological polar surface area (TPSA) is 15.3 Å². The number of hydrogen-bond donors (Lipinski definition) is 1. The maximum atomic E-state index is 3.75. The van der Waals surface area contributed by atoms with Crippen LogP contribution in [-0.2, 0) is 0 Å². The van der Waals surface area contributed by atoms with E-state index in [0.717, 1.165) is 29.8 Å². The Hall–Kier alpha value is -0.0800. The molecule has 1 heterocycles. The molecule has 0 radical (unpaired) electrons. The third-order valence-corrected chi connectivity index (χ3v) is 5.86. The fourth-order valence-corrected chi connectivity index (χ4v) is 4.11. The van der Waals surface area contributed by atoms with Crippen LogP contribution in [0.2, 0.25) is 0 Å². The van der Waals surface area contributed by atoms with Crippen LogP contribution in [0.3, 0.4) is 0 Å². The Labute approximate surface area is 120 Å². The highest BCUT2D eigenvalue weighted by Gasteiger charge is 2.34. The standard InChI is InChI=1S/C17H34N2/c1-5-10-18-17-9-11-19(15(4)14(17)3)12-16-8-6-7-13(16)2/h13-18H,5-12H2,1-4H3. The molecule has 1 saturated carbocycles. The zero-order valence-electron chi connectivity index (χ0n) is 13.5. The van der Waals surface area contributed by atoms with Crippen molar-refractivity contribution in [3.63, 3.8) is 0 Å². The van der Waals surface area contributed by atoms with E-state index in [0.29, 0.717) is 0 Å². The molecule has 5 unspecified atom stereocenters. The van der Waals surface area contributed by atoms with Crippen molar-refractivity contribution in [3.8, 4) is 0 Å². The Morgan fingerprint density at radius 2 is 1.89 bits per heavy atom. The summed E-state index contributed by atoms with van der Waals surface area (Å²) < 4.78 is 0. The first-order valence-electron chi connectivity index (χ1n) is 8.61. The average molecular weight is 266 g/mol. The lowest BCUT2D eigenvalue weighted by atomic mass is 9.85. The summed E-state index contributed by atoms with van der Waals surface area (Å²) >= 11 is 0. The van der Waals surface area contributed by atoms with Crippen LogP contribution in [0.1, 0.15) is 59.8 Å². The van der Waals surface area contributed by atoms with Gasteiger partial charge in [-0.3, -0.25) is 4.90 Å². The molecule has 5 atom stereocenters. The third kappa shape index (κ3) is 3.72. The maximum Gasteiger partial charge on any atom is 0.0120 e. The van der Waals surface area contributed by atoms with Gasteiger partial charge in [-0.05, 0) is 57.0 Å². The largest absolute Gasteiger partial charge is 0.314 e. The monoisotopic (exact) mass is 266 g/mol. The van der Waals surface area contributed by atoms with Crippen molar-refractivity contribution in [1.82, 2.24) is 10.2 Å². The highest BCUT2D eigenvalue weighted by Crippen LogP contribution is 2.34. The maximum absolute atomic E-state index is 3.75. The van der Waals surface area contributed by atoms with Gasteiger partial charge in [0.2, 0.25) is 0 Å². The Balaban J connectivity index is 1.84. The van der Waals surface area contributed by atoms with E-state index in [4.69, 9.17) is 0 Å². The van der Waals surface area contributed by atoms with Gasteiger partial charge in [-0.1, -0.05) is 33.6 Å². The van der Waals surface area contributed by atoms with Crippen molar-refractivity contribution in [2.24, 2.45) is 17.8 Å². The van der Waals surface area contributed by atoms with E-state index in [2.05, 4.69) is 37.9 Å². The first kappa shape index (κ1) is 15.3. The van der Waals surface area contributed by atoms with Gasteiger partial charge in [0.1, 0.15) is 0 Å². The molecule has 2 rings (SSSR count). The SMILES string of the molecule is CCCNC1CCN(CC2CCCC2C)C(C)C1C. The second-order valence-corrected chi connectivity index (χ2v) is 7.11. The molecular weight excluding hydrogens is 232 g/mol. The summed E-state index contributed by atoms with van der Waals surface area (Å²) in [4.78, 5) is 2.78. The van der Waals surface area contributed by atoms with Crippen LogP contribution < -0.4 is 5.32 Å². The van der Waals surface area contributed by atoms with Crippen LogP contribution in [-0.4, -0.2) is 36.6 Å². The quantitative estimate of drug-likeness (QED) is 0.819. The predicted octanol–water partition coefficient (Wildman–Crippen LogP) is 3.52. The molecule has 1 aliphatic carbocycles. The van der Waals surface area contributed by atoms with Gasteiger partial charge in [0.15, 0.2) is 0 Å². The molecule has 0 aromatic carbocycles. The Morgan fingerprint density at radius 3 is 2.53 bits per heavy atom. The second-order valence-electron chi connectivity index (χ2n) is 7.11. The zero-order chi connectivity index (χ0) is 13.8. The summed E-state index contributed by atoms with van der Waals surface area (Å²) in [5, 5.41) is 3.75. The molecule has 0 bridgehead atoms.